The van der Waals surface area contributed by atoms with Gasteiger partial charge in [-0.2, -0.15) is 0 Å². The summed E-state index contributed by atoms with van der Waals surface area (Å²) in [6, 6.07) is 11.3. The van der Waals surface area contributed by atoms with Gasteiger partial charge in [0, 0.05) is 18.5 Å². The maximum absolute atomic E-state index is 4.23. The fourth-order valence-electron chi connectivity index (χ4n) is 3.48. The summed E-state index contributed by atoms with van der Waals surface area (Å²) in [4.78, 5) is 4.23. The average molecular weight is 305 g/mol. The van der Waals surface area contributed by atoms with Crippen molar-refractivity contribution in [1.82, 2.24) is 4.98 Å². The smallest absolute Gasteiger partial charge is 0.220 e. The van der Waals surface area contributed by atoms with Crippen molar-refractivity contribution >= 4 is 10.8 Å². The van der Waals surface area contributed by atoms with Crippen molar-refractivity contribution in [1.29, 1.82) is 0 Å². The van der Waals surface area contributed by atoms with Crippen LogP contribution in [0, 0.1) is 6.92 Å². The van der Waals surface area contributed by atoms with Gasteiger partial charge >= 0.3 is 0 Å². The lowest BCUT2D eigenvalue weighted by Gasteiger charge is -2.14. The van der Waals surface area contributed by atoms with Crippen molar-refractivity contribution in [2.45, 2.75) is 39.5 Å². The van der Waals surface area contributed by atoms with E-state index in [4.69, 9.17) is 0 Å². The number of benzene rings is 1. The van der Waals surface area contributed by atoms with Gasteiger partial charge in [-0.25, -0.2) is 4.57 Å². The lowest BCUT2D eigenvalue weighted by atomic mass is 9.91. The van der Waals surface area contributed by atoms with E-state index in [0.29, 0.717) is 5.92 Å². The molecule has 2 heterocycles. The SMILES string of the molecule is CCC(CC)c1ccc2c(-c3ccncc3C)[n+](C)ccc2c1. The Kier molecular flexibility index (Phi) is 4.42. The molecule has 2 nitrogen and oxygen atoms in total. The summed E-state index contributed by atoms with van der Waals surface area (Å²) in [7, 11) is 2.11. The zero-order chi connectivity index (χ0) is 16.4. The van der Waals surface area contributed by atoms with Crippen molar-refractivity contribution in [3.05, 3.63) is 60.0 Å². The van der Waals surface area contributed by atoms with Crippen molar-refractivity contribution in [2.75, 3.05) is 0 Å². The van der Waals surface area contributed by atoms with Crippen LogP contribution in [0.5, 0.6) is 0 Å². The number of hydrogen-bond donors (Lipinski definition) is 0. The van der Waals surface area contributed by atoms with E-state index in [2.05, 4.69) is 73.9 Å². The van der Waals surface area contributed by atoms with Gasteiger partial charge in [0.1, 0.15) is 7.05 Å². The Balaban J connectivity index is 2.23. The second kappa shape index (κ2) is 6.49. The molecule has 1 aromatic carbocycles. The highest BCUT2D eigenvalue weighted by Gasteiger charge is 2.18. The molecule has 0 fully saturated rings. The van der Waals surface area contributed by atoms with Gasteiger partial charge in [-0.3, -0.25) is 4.98 Å². The Morgan fingerprint density at radius 3 is 2.57 bits per heavy atom. The molecule has 0 saturated carbocycles. The van der Waals surface area contributed by atoms with Gasteiger partial charge in [-0.05, 0) is 54.3 Å². The van der Waals surface area contributed by atoms with Crippen LogP contribution in [-0.4, -0.2) is 4.98 Å². The van der Waals surface area contributed by atoms with E-state index in [1.807, 2.05) is 12.4 Å². The maximum atomic E-state index is 4.23. The van der Waals surface area contributed by atoms with Crippen LogP contribution < -0.4 is 4.57 Å². The predicted octanol–water partition coefficient (Wildman–Crippen LogP) is 4.94. The molecule has 0 saturated heterocycles. The molecule has 0 amide bonds. The van der Waals surface area contributed by atoms with Crippen LogP contribution in [0.25, 0.3) is 22.0 Å². The number of pyridine rings is 2. The summed E-state index contributed by atoms with van der Waals surface area (Å²) in [5, 5.41) is 2.62. The molecule has 2 aromatic heterocycles. The summed E-state index contributed by atoms with van der Waals surface area (Å²) in [5.41, 5.74) is 5.18. The second-order valence-corrected chi connectivity index (χ2v) is 6.33. The van der Waals surface area contributed by atoms with Gasteiger partial charge in [-0.15, -0.1) is 0 Å². The van der Waals surface area contributed by atoms with Crippen molar-refractivity contribution in [3.63, 3.8) is 0 Å². The molecule has 3 rings (SSSR count). The molecule has 23 heavy (non-hydrogen) atoms. The zero-order valence-corrected chi connectivity index (χ0v) is 14.5. The summed E-state index contributed by atoms with van der Waals surface area (Å²) in [6.07, 6.45) is 8.36. The third kappa shape index (κ3) is 2.86. The molecule has 2 heteroatoms. The Hall–Kier alpha value is -2.22. The van der Waals surface area contributed by atoms with E-state index < -0.39 is 0 Å². The van der Waals surface area contributed by atoms with E-state index in [-0.39, 0.29) is 0 Å². The highest BCUT2D eigenvalue weighted by molar-refractivity contribution is 5.93. The number of hydrogen-bond acceptors (Lipinski definition) is 1. The monoisotopic (exact) mass is 305 g/mol. The van der Waals surface area contributed by atoms with E-state index in [1.165, 1.54) is 46.0 Å². The maximum Gasteiger partial charge on any atom is 0.220 e. The molecule has 3 aromatic rings. The van der Waals surface area contributed by atoms with E-state index in [0.717, 1.165) is 0 Å². The van der Waals surface area contributed by atoms with Crippen LogP contribution in [0.3, 0.4) is 0 Å². The van der Waals surface area contributed by atoms with Crippen LogP contribution in [0.4, 0.5) is 0 Å². The normalized spacial score (nSPS) is 11.3. The number of aryl methyl sites for hydroxylation is 2. The first-order valence-electron chi connectivity index (χ1n) is 8.49. The van der Waals surface area contributed by atoms with E-state index in [9.17, 15) is 0 Å². The number of rotatable bonds is 4. The van der Waals surface area contributed by atoms with E-state index in [1.54, 1.807) is 0 Å². The molecular weight excluding hydrogens is 280 g/mol. The Labute approximate surface area is 138 Å². The van der Waals surface area contributed by atoms with Gasteiger partial charge in [0.2, 0.25) is 5.69 Å². The van der Waals surface area contributed by atoms with Gasteiger partial charge < -0.3 is 0 Å². The molecule has 0 spiro atoms. The highest BCUT2D eigenvalue weighted by Crippen LogP contribution is 2.31. The van der Waals surface area contributed by atoms with Gasteiger partial charge in [0.05, 0.1) is 10.9 Å². The molecule has 0 aliphatic rings. The fourth-order valence-corrected chi connectivity index (χ4v) is 3.48. The quantitative estimate of drug-likeness (QED) is 0.624. The molecule has 118 valence electrons. The Morgan fingerprint density at radius 1 is 1.09 bits per heavy atom. The minimum Gasteiger partial charge on any atom is -0.264 e. The minimum atomic E-state index is 0.652. The van der Waals surface area contributed by atoms with Crippen molar-refractivity contribution in [2.24, 2.45) is 7.05 Å². The van der Waals surface area contributed by atoms with Crippen LogP contribution in [0.15, 0.2) is 48.9 Å². The third-order valence-electron chi connectivity index (χ3n) is 4.89. The first kappa shape index (κ1) is 15.7. The van der Waals surface area contributed by atoms with Gasteiger partial charge in [0.15, 0.2) is 6.20 Å². The second-order valence-electron chi connectivity index (χ2n) is 6.33. The van der Waals surface area contributed by atoms with Gasteiger partial charge in [0.25, 0.3) is 0 Å². The summed E-state index contributed by atoms with van der Waals surface area (Å²) >= 11 is 0. The lowest BCUT2D eigenvalue weighted by Crippen LogP contribution is -2.30. The molecule has 0 atom stereocenters. The van der Waals surface area contributed by atoms with Crippen LogP contribution in [0.2, 0.25) is 0 Å². The Bertz CT molecular complexity index is 832. The number of fused-ring (bicyclic) bond motifs is 1. The summed E-state index contributed by atoms with van der Waals surface area (Å²) < 4.78 is 2.21. The Morgan fingerprint density at radius 2 is 1.87 bits per heavy atom. The van der Waals surface area contributed by atoms with Crippen LogP contribution in [0.1, 0.15) is 43.7 Å². The minimum absolute atomic E-state index is 0.652. The molecular formula is C21H25N2+. The largest absolute Gasteiger partial charge is 0.264 e. The molecule has 0 bridgehead atoms. The number of nitrogens with zero attached hydrogens (tertiary/aromatic N) is 2. The number of aromatic nitrogens is 2. The highest BCUT2D eigenvalue weighted by atomic mass is 14.9. The molecule has 0 unspecified atom stereocenters. The average Bonchev–Trinajstić information content (AvgIpc) is 2.57. The first-order valence-corrected chi connectivity index (χ1v) is 8.49. The third-order valence-corrected chi connectivity index (χ3v) is 4.89. The molecule has 0 N–H and O–H groups in total. The van der Waals surface area contributed by atoms with Crippen LogP contribution >= 0.6 is 0 Å². The van der Waals surface area contributed by atoms with Crippen LogP contribution in [-0.2, 0) is 7.05 Å². The molecule has 0 radical (unpaired) electrons. The van der Waals surface area contributed by atoms with Crippen molar-refractivity contribution < 1.29 is 4.57 Å². The topological polar surface area (TPSA) is 16.8 Å². The summed E-state index contributed by atoms with van der Waals surface area (Å²) in [6.45, 7) is 6.67. The van der Waals surface area contributed by atoms with Crippen molar-refractivity contribution in [3.8, 4) is 11.3 Å². The zero-order valence-electron chi connectivity index (χ0n) is 14.5. The first-order chi connectivity index (χ1) is 11.2. The van der Waals surface area contributed by atoms with E-state index >= 15 is 0 Å². The fraction of sp³-hybridized carbons (Fsp3) is 0.333. The van der Waals surface area contributed by atoms with Gasteiger partial charge in [-0.1, -0.05) is 26.0 Å². The summed E-state index contributed by atoms with van der Waals surface area (Å²) in [5.74, 6) is 0.652. The lowest BCUT2D eigenvalue weighted by molar-refractivity contribution is -0.659. The molecule has 0 aliphatic carbocycles. The standard InChI is InChI=1S/C21H25N2/c1-5-16(6-2)17-7-8-20-18(13-17)10-12-23(4)21(20)19-9-11-22-14-15(19)3/h7-14,16H,5-6H2,1-4H3/q+1. The predicted molar refractivity (Wildman–Crippen MR) is 96.4 cm³/mol. The molecule has 0 aliphatic heterocycles.